The van der Waals surface area contributed by atoms with Crippen molar-refractivity contribution >= 4 is 15.9 Å². The van der Waals surface area contributed by atoms with Crippen molar-refractivity contribution in [1.82, 2.24) is 0 Å². The minimum absolute atomic E-state index is 0.217. The smallest absolute Gasteiger partial charge is 0.376 e. The minimum atomic E-state index is -4.23. The van der Waals surface area contributed by atoms with Crippen molar-refractivity contribution in [3.05, 3.63) is 12.2 Å². The van der Waals surface area contributed by atoms with Crippen molar-refractivity contribution in [1.29, 1.82) is 0 Å². The van der Waals surface area contributed by atoms with E-state index in [1.54, 1.807) is 19.1 Å². The summed E-state index contributed by atoms with van der Waals surface area (Å²) >= 11 is 2.48. The highest BCUT2D eigenvalue weighted by atomic mass is 79.9. The maximum Gasteiger partial charge on any atom is 0.403 e. The fourth-order valence-electron chi connectivity index (χ4n) is 0.430. The summed E-state index contributed by atoms with van der Waals surface area (Å²) in [6, 6.07) is 0. The molecule has 1 nitrogen and oxygen atoms in total. The van der Waals surface area contributed by atoms with Crippen LogP contribution < -0.4 is 0 Å². The molecule has 1 atom stereocenters. The molecule has 0 aromatic rings. The second kappa shape index (κ2) is 5.59. The molecule has 0 N–H and O–H groups in total. The third kappa shape index (κ3) is 5.60. The molecule has 5 heteroatoms. The third-order valence-corrected chi connectivity index (χ3v) is 1.85. The van der Waals surface area contributed by atoms with Crippen LogP contribution in [0.4, 0.5) is 13.2 Å². The van der Waals surface area contributed by atoms with Crippen LogP contribution in [-0.4, -0.2) is 24.2 Å². The normalized spacial score (nSPS) is 15.4. The summed E-state index contributed by atoms with van der Waals surface area (Å²) in [7, 11) is 0. The fraction of sp³-hybridized carbons (Fsp3) is 0.714. The van der Waals surface area contributed by atoms with Crippen molar-refractivity contribution in [3.63, 3.8) is 0 Å². The van der Waals surface area contributed by atoms with Gasteiger partial charge in [-0.05, 0) is 6.92 Å². The Balaban J connectivity index is 3.51. The molecule has 0 aliphatic heterocycles. The zero-order valence-electron chi connectivity index (χ0n) is 6.57. The van der Waals surface area contributed by atoms with Gasteiger partial charge in [-0.2, -0.15) is 13.2 Å². The van der Waals surface area contributed by atoms with Gasteiger partial charge in [-0.15, -0.1) is 0 Å². The van der Waals surface area contributed by atoms with Crippen LogP contribution in [0, 0.1) is 0 Å². The molecule has 0 aliphatic carbocycles. The third-order valence-electron chi connectivity index (χ3n) is 1.07. The van der Waals surface area contributed by atoms with E-state index in [0.29, 0.717) is 0 Å². The first-order chi connectivity index (χ1) is 5.48. The number of alkyl halides is 4. The van der Waals surface area contributed by atoms with Gasteiger partial charge in [0.1, 0.15) is 4.83 Å². The average Bonchev–Trinajstić information content (AvgIpc) is 1.96. The molecule has 0 radical (unpaired) electrons. The summed E-state index contributed by atoms with van der Waals surface area (Å²) < 4.78 is 40.1. The van der Waals surface area contributed by atoms with Gasteiger partial charge in [0.15, 0.2) is 0 Å². The number of halogens is 4. The van der Waals surface area contributed by atoms with Crippen molar-refractivity contribution in [2.24, 2.45) is 0 Å². The van der Waals surface area contributed by atoms with Crippen LogP contribution in [0.5, 0.6) is 0 Å². The highest BCUT2D eigenvalue weighted by Crippen LogP contribution is 2.26. The molecule has 1 unspecified atom stereocenters. The monoisotopic (exact) mass is 246 g/mol. The molecule has 0 bridgehead atoms. The zero-order chi connectivity index (χ0) is 9.61. The highest BCUT2D eigenvalue weighted by Gasteiger charge is 2.37. The lowest BCUT2D eigenvalue weighted by Crippen LogP contribution is -2.27. The van der Waals surface area contributed by atoms with E-state index in [2.05, 4.69) is 15.9 Å². The molecular weight excluding hydrogens is 237 g/mol. The molecule has 0 fully saturated rings. The first-order valence-corrected chi connectivity index (χ1v) is 4.29. The standard InChI is InChI=1S/C7H10BrF3O/c1-2-3-4-12-5-6(8)7(9,10)11/h2-3,6H,4-5H2,1H3. The van der Waals surface area contributed by atoms with E-state index in [4.69, 9.17) is 4.74 Å². The number of allylic oxidation sites excluding steroid dienone is 1. The van der Waals surface area contributed by atoms with Crippen molar-refractivity contribution in [2.45, 2.75) is 17.9 Å². The summed E-state index contributed by atoms with van der Waals surface area (Å²) in [5.74, 6) is 0. The van der Waals surface area contributed by atoms with Crippen LogP contribution in [-0.2, 0) is 4.74 Å². The lowest BCUT2D eigenvalue weighted by atomic mass is 10.4. The van der Waals surface area contributed by atoms with Crippen LogP contribution in [0.3, 0.4) is 0 Å². The topological polar surface area (TPSA) is 9.23 Å². The molecule has 12 heavy (non-hydrogen) atoms. The highest BCUT2D eigenvalue weighted by molar-refractivity contribution is 9.09. The van der Waals surface area contributed by atoms with E-state index in [1.165, 1.54) is 0 Å². The predicted octanol–water partition coefficient (Wildman–Crippen LogP) is 2.90. The summed E-state index contributed by atoms with van der Waals surface area (Å²) in [6.07, 6.45) is -0.858. The maximum absolute atomic E-state index is 11.8. The number of rotatable bonds is 4. The lowest BCUT2D eigenvalue weighted by Gasteiger charge is -2.12. The van der Waals surface area contributed by atoms with Gasteiger partial charge in [0.2, 0.25) is 0 Å². The summed E-state index contributed by atoms with van der Waals surface area (Å²) in [5.41, 5.74) is 0. The molecule has 0 heterocycles. The average molecular weight is 247 g/mol. The van der Waals surface area contributed by atoms with E-state index in [1.807, 2.05) is 0 Å². The summed E-state index contributed by atoms with van der Waals surface area (Å²) in [6.45, 7) is 1.64. The van der Waals surface area contributed by atoms with Crippen molar-refractivity contribution in [3.8, 4) is 0 Å². The molecule has 0 saturated carbocycles. The van der Waals surface area contributed by atoms with E-state index in [-0.39, 0.29) is 13.2 Å². The number of ether oxygens (including phenoxy) is 1. The van der Waals surface area contributed by atoms with Crippen LogP contribution >= 0.6 is 15.9 Å². The van der Waals surface area contributed by atoms with Crippen molar-refractivity contribution < 1.29 is 17.9 Å². The number of hydrogen-bond donors (Lipinski definition) is 0. The molecule has 0 aromatic carbocycles. The Bertz CT molecular complexity index is 144. The Kier molecular flexibility index (Phi) is 5.57. The first kappa shape index (κ1) is 12.0. The molecule has 0 saturated heterocycles. The largest absolute Gasteiger partial charge is 0.403 e. The zero-order valence-corrected chi connectivity index (χ0v) is 8.15. The van der Waals surface area contributed by atoms with E-state index < -0.39 is 11.0 Å². The van der Waals surface area contributed by atoms with Gasteiger partial charge >= 0.3 is 6.18 Å². The van der Waals surface area contributed by atoms with Crippen LogP contribution in [0.25, 0.3) is 0 Å². The number of hydrogen-bond acceptors (Lipinski definition) is 1. The van der Waals surface area contributed by atoms with Crippen LogP contribution in [0.1, 0.15) is 6.92 Å². The minimum Gasteiger partial charge on any atom is -0.376 e. The fourth-order valence-corrected chi connectivity index (χ4v) is 0.617. The Morgan fingerprint density at radius 3 is 2.50 bits per heavy atom. The van der Waals surface area contributed by atoms with Crippen molar-refractivity contribution in [2.75, 3.05) is 13.2 Å². The van der Waals surface area contributed by atoms with Gasteiger partial charge in [-0.25, -0.2) is 0 Å². The lowest BCUT2D eigenvalue weighted by molar-refractivity contribution is -0.136. The Hall–Kier alpha value is -0.0300. The van der Waals surface area contributed by atoms with Gasteiger partial charge in [-0.3, -0.25) is 0 Å². The van der Waals surface area contributed by atoms with Crippen LogP contribution in [0.2, 0.25) is 0 Å². The molecule has 0 aliphatic rings. The Morgan fingerprint density at radius 2 is 2.08 bits per heavy atom. The summed E-state index contributed by atoms with van der Waals surface area (Å²) in [5, 5.41) is 0. The van der Waals surface area contributed by atoms with E-state index >= 15 is 0 Å². The van der Waals surface area contributed by atoms with Crippen LogP contribution in [0.15, 0.2) is 12.2 Å². The first-order valence-electron chi connectivity index (χ1n) is 3.38. The molecule has 72 valence electrons. The molecular formula is C7H10BrF3O. The van der Waals surface area contributed by atoms with Gasteiger partial charge in [0, 0.05) is 0 Å². The predicted molar refractivity (Wildman–Crippen MR) is 44.4 cm³/mol. The Labute approximate surface area is 77.7 Å². The van der Waals surface area contributed by atoms with Gasteiger partial charge in [-0.1, -0.05) is 28.1 Å². The maximum atomic E-state index is 11.8. The van der Waals surface area contributed by atoms with Gasteiger partial charge in [0.05, 0.1) is 13.2 Å². The SMILES string of the molecule is CC=CCOCC(Br)C(F)(F)F. The second-order valence-corrected chi connectivity index (χ2v) is 3.22. The molecule has 0 spiro atoms. The Morgan fingerprint density at radius 1 is 1.50 bits per heavy atom. The molecule has 0 amide bonds. The van der Waals surface area contributed by atoms with E-state index in [9.17, 15) is 13.2 Å². The summed E-state index contributed by atoms with van der Waals surface area (Å²) in [4.78, 5) is -1.57. The van der Waals surface area contributed by atoms with Gasteiger partial charge < -0.3 is 4.74 Å². The van der Waals surface area contributed by atoms with Gasteiger partial charge in [0.25, 0.3) is 0 Å². The molecule has 0 rings (SSSR count). The second-order valence-electron chi connectivity index (χ2n) is 2.12. The quantitative estimate of drug-likeness (QED) is 0.421. The van der Waals surface area contributed by atoms with E-state index in [0.717, 1.165) is 0 Å². The molecule has 0 aromatic heterocycles.